The highest BCUT2D eigenvalue weighted by Crippen LogP contribution is 2.18. The van der Waals surface area contributed by atoms with Gasteiger partial charge in [0.2, 0.25) is 0 Å². The Hall–Kier alpha value is -6.92. The van der Waals surface area contributed by atoms with Crippen LogP contribution in [0.1, 0.15) is 43.0 Å². The first-order valence-corrected chi connectivity index (χ1v) is 14.0. The average molecular weight is 633 g/mol. The lowest BCUT2D eigenvalue weighted by atomic mass is 10.1. The van der Waals surface area contributed by atoms with Crippen LogP contribution in [0.5, 0.6) is 0 Å². The Morgan fingerprint density at radius 2 is 1.11 bits per heavy atom. The van der Waals surface area contributed by atoms with Crippen molar-refractivity contribution in [2.24, 2.45) is 0 Å². The molecule has 0 fully saturated rings. The lowest BCUT2D eigenvalue weighted by Gasteiger charge is -2.01. The zero-order valence-corrected chi connectivity index (χ0v) is 24.7. The van der Waals surface area contributed by atoms with Gasteiger partial charge in [0.25, 0.3) is 22.2 Å². The molecule has 0 radical (unpaired) electrons. The van der Waals surface area contributed by atoms with E-state index >= 15 is 0 Å². The van der Waals surface area contributed by atoms with Crippen molar-refractivity contribution < 1.29 is 19.8 Å². The minimum Gasteiger partial charge on any atom is -0.478 e. The first-order chi connectivity index (χ1) is 22.5. The monoisotopic (exact) mass is 632 g/mol. The van der Waals surface area contributed by atoms with E-state index in [2.05, 4.69) is 25.9 Å². The van der Waals surface area contributed by atoms with Crippen molar-refractivity contribution in [1.29, 1.82) is 0 Å². The number of aromatic carboxylic acids is 2. The van der Waals surface area contributed by atoms with E-state index in [-0.39, 0.29) is 44.3 Å². The van der Waals surface area contributed by atoms with Crippen molar-refractivity contribution in [3.05, 3.63) is 141 Å². The number of hydrogen-bond donors (Lipinski definition) is 6. The molecular formula is C33H24N6O8. The molecule has 0 saturated carbocycles. The maximum absolute atomic E-state index is 13.2. The summed E-state index contributed by atoms with van der Waals surface area (Å²) in [4.78, 5) is 79.8. The largest absolute Gasteiger partial charge is 0.478 e. The number of nitrogens with one attached hydrogen (secondary N) is 4. The zero-order valence-electron chi connectivity index (χ0n) is 24.7. The van der Waals surface area contributed by atoms with Crippen molar-refractivity contribution in [1.82, 2.24) is 29.5 Å². The van der Waals surface area contributed by atoms with Gasteiger partial charge in [0.05, 0.1) is 38.8 Å². The highest BCUT2D eigenvalue weighted by molar-refractivity contribution is 5.88. The molecule has 2 aromatic carbocycles. The number of carboxylic acid groups (broad SMARTS) is 2. The van der Waals surface area contributed by atoms with Gasteiger partial charge in [-0.2, -0.15) is 0 Å². The SMILES string of the molecule is Cc1c(C=C=CC=Cc2c(C)c3c(=O)n(-c4ccc(C(=O)O)cc4)[nH]c3[nH]c2=O)c(=O)[nH]c2[nH]n(-c3ccc(C(=O)O)cc3)c(=O)c12. The number of aromatic amines is 4. The van der Waals surface area contributed by atoms with Crippen molar-refractivity contribution >= 4 is 46.2 Å². The predicted octanol–water partition coefficient (Wildman–Crippen LogP) is 3.22. The van der Waals surface area contributed by atoms with Crippen LogP contribution in [-0.4, -0.2) is 51.7 Å². The van der Waals surface area contributed by atoms with E-state index in [9.17, 15) is 28.8 Å². The third kappa shape index (κ3) is 5.26. The number of rotatable bonds is 7. The van der Waals surface area contributed by atoms with E-state index in [0.717, 1.165) is 0 Å². The summed E-state index contributed by atoms with van der Waals surface area (Å²) in [5.41, 5.74) is 3.57. The molecule has 14 nitrogen and oxygen atoms in total. The standard InChI is InChI=1S/C33H24N6O8/c1-16-22(28(40)34-26-24(16)30(42)38(36-26)20-12-8-18(9-13-20)32(44)45)6-4-3-5-7-23-17(2)25-27(35-29(23)41)37-39(31(25)43)21-14-10-19(11-15-21)33(46)47/h3-4,6-15H,1-2H3,(H,44,45)(H,46,47)(H2,34,36,40)(H2,35,37,41). The van der Waals surface area contributed by atoms with Gasteiger partial charge in [-0.05, 0) is 91.7 Å². The second-order valence-electron chi connectivity index (χ2n) is 10.5. The fraction of sp³-hybridized carbons (Fsp3) is 0.0606. The lowest BCUT2D eigenvalue weighted by molar-refractivity contribution is 0.0686. The maximum Gasteiger partial charge on any atom is 0.335 e. The summed E-state index contributed by atoms with van der Waals surface area (Å²) in [6.07, 6.45) is 5.87. The van der Waals surface area contributed by atoms with Crippen molar-refractivity contribution in [2.45, 2.75) is 13.8 Å². The van der Waals surface area contributed by atoms with Crippen LogP contribution in [0.3, 0.4) is 0 Å². The van der Waals surface area contributed by atoms with Crippen molar-refractivity contribution in [3.8, 4) is 11.4 Å². The molecular weight excluding hydrogens is 608 g/mol. The molecule has 6 N–H and O–H groups in total. The van der Waals surface area contributed by atoms with E-state index in [0.29, 0.717) is 22.5 Å². The minimum absolute atomic E-state index is 0.0610. The highest BCUT2D eigenvalue weighted by Gasteiger charge is 2.17. The first kappa shape index (κ1) is 30.1. The molecule has 0 bridgehead atoms. The number of benzene rings is 2. The van der Waals surface area contributed by atoms with Gasteiger partial charge in [-0.25, -0.2) is 19.0 Å². The Balaban J connectivity index is 1.31. The predicted molar refractivity (Wildman–Crippen MR) is 174 cm³/mol. The molecule has 0 aliphatic carbocycles. The molecule has 6 aromatic rings. The van der Waals surface area contributed by atoms with Gasteiger partial charge in [0.15, 0.2) is 0 Å². The second-order valence-corrected chi connectivity index (χ2v) is 10.5. The van der Waals surface area contributed by atoms with Crippen LogP contribution in [0, 0.1) is 13.8 Å². The summed E-state index contributed by atoms with van der Waals surface area (Å²) >= 11 is 0. The van der Waals surface area contributed by atoms with Crippen LogP contribution < -0.4 is 22.2 Å². The number of allylic oxidation sites excluding steroid dienone is 2. The van der Waals surface area contributed by atoms with Crippen LogP contribution in [0.15, 0.2) is 85.6 Å². The molecule has 0 unspecified atom stereocenters. The van der Waals surface area contributed by atoms with Gasteiger partial charge in [-0.15, -0.1) is 5.73 Å². The fourth-order valence-corrected chi connectivity index (χ4v) is 5.30. The third-order valence-corrected chi connectivity index (χ3v) is 7.73. The number of aryl methyl sites for hydroxylation is 2. The molecule has 0 amide bonds. The second kappa shape index (κ2) is 11.5. The number of carbonyl (C=O) groups is 2. The summed E-state index contributed by atoms with van der Waals surface area (Å²) in [6, 6.07) is 11.4. The Morgan fingerprint density at radius 1 is 0.681 bits per heavy atom. The summed E-state index contributed by atoms with van der Waals surface area (Å²) in [6.45, 7) is 3.25. The summed E-state index contributed by atoms with van der Waals surface area (Å²) in [7, 11) is 0. The fourth-order valence-electron chi connectivity index (χ4n) is 5.30. The molecule has 47 heavy (non-hydrogen) atoms. The number of nitrogens with zero attached hydrogens (tertiary/aromatic N) is 2. The molecule has 0 spiro atoms. The minimum atomic E-state index is -1.10. The smallest absolute Gasteiger partial charge is 0.335 e. The Morgan fingerprint density at radius 3 is 1.55 bits per heavy atom. The molecule has 14 heteroatoms. The quantitative estimate of drug-likeness (QED) is 0.113. The van der Waals surface area contributed by atoms with Crippen LogP contribution >= 0.6 is 0 Å². The summed E-state index contributed by atoms with van der Waals surface area (Å²) in [5, 5.41) is 24.4. The van der Waals surface area contributed by atoms with E-state index < -0.39 is 34.2 Å². The van der Waals surface area contributed by atoms with Crippen molar-refractivity contribution in [2.75, 3.05) is 0 Å². The van der Waals surface area contributed by atoms with Gasteiger partial charge in [0.1, 0.15) is 11.3 Å². The van der Waals surface area contributed by atoms with Gasteiger partial charge < -0.3 is 20.2 Å². The van der Waals surface area contributed by atoms with Crippen molar-refractivity contribution in [3.63, 3.8) is 0 Å². The number of pyridine rings is 2. The number of H-pyrrole nitrogens is 4. The van der Waals surface area contributed by atoms with E-state index in [1.165, 1.54) is 82.2 Å². The zero-order chi connectivity index (χ0) is 33.6. The lowest BCUT2D eigenvalue weighted by Crippen LogP contribution is -2.16. The third-order valence-electron chi connectivity index (χ3n) is 7.73. The van der Waals surface area contributed by atoms with Crippen LogP contribution in [0.25, 0.3) is 45.6 Å². The highest BCUT2D eigenvalue weighted by atomic mass is 16.4. The number of fused-ring (bicyclic) bond motifs is 2. The summed E-state index contributed by atoms with van der Waals surface area (Å²) in [5.74, 6) is -2.20. The summed E-state index contributed by atoms with van der Waals surface area (Å²) < 4.78 is 2.41. The molecule has 234 valence electrons. The molecule has 4 aromatic heterocycles. The Kier molecular flexibility index (Phi) is 7.39. The average Bonchev–Trinajstić information content (AvgIpc) is 3.55. The normalized spacial score (nSPS) is 11.3. The maximum atomic E-state index is 13.2. The molecule has 4 heterocycles. The van der Waals surface area contributed by atoms with E-state index in [4.69, 9.17) is 10.2 Å². The van der Waals surface area contributed by atoms with Crippen LogP contribution in [-0.2, 0) is 0 Å². The Bertz CT molecular complexity index is 2600. The van der Waals surface area contributed by atoms with Gasteiger partial charge in [0, 0.05) is 5.56 Å². The van der Waals surface area contributed by atoms with E-state index in [1.807, 2.05) is 0 Å². The number of hydrogen-bond acceptors (Lipinski definition) is 6. The molecule has 6 rings (SSSR count). The molecule has 0 saturated heterocycles. The molecule has 0 atom stereocenters. The van der Waals surface area contributed by atoms with Gasteiger partial charge >= 0.3 is 11.9 Å². The Labute approximate surface area is 261 Å². The van der Waals surface area contributed by atoms with E-state index in [1.54, 1.807) is 13.8 Å². The molecule has 0 aliphatic heterocycles. The van der Waals surface area contributed by atoms with Gasteiger partial charge in [-0.3, -0.25) is 29.4 Å². The number of aromatic nitrogens is 6. The van der Waals surface area contributed by atoms with Crippen LogP contribution in [0.4, 0.5) is 0 Å². The van der Waals surface area contributed by atoms with Crippen LogP contribution in [0.2, 0.25) is 0 Å². The number of carboxylic acids is 2. The molecule has 0 aliphatic rings. The first-order valence-electron chi connectivity index (χ1n) is 14.0. The topological polar surface area (TPSA) is 216 Å². The van der Waals surface area contributed by atoms with Gasteiger partial charge in [-0.1, -0.05) is 6.08 Å².